The Bertz CT molecular complexity index is 1000. The van der Waals surface area contributed by atoms with Crippen molar-refractivity contribution in [2.45, 2.75) is 18.1 Å². The van der Waals surface area contributed by atoms with E-state index >= 15 is 0 Å². The van der Waals surface area contributed by atoms with Crippen LogP contribution in [0.1, 0.15) is 13.0 Å². The summed E-state index contributed by atoms with van der Waals surface area (Å²) in [6, 6.07) is 5.52. The Morgan fingerprint density at radius 1 is 1.44 bits per heavy atom. The van der Waals surface area contributed by atoms with Gasteiger partial charge >= 0.3 is 0 Å². The van der Waals surface area contributed by atoms with Crippen molar-refractivity contribution in [2.24, 2.45) is 0 Å². The summed E-state index contributed by atoms with van der Waals surface area (Å²) in [6.45, 7) is 1.68. The minimum atomic E-state index is -0.632. The number of nitro benzene ring substituents is 1. The molecule has 0 spiro atoms. The van der Waals surface area contributed by atoms with Crippen molar-refractivity contribution in [1.29, 1.82) is 0 Å². The number of nitrogen functional groups attached to an aromatic ring is 1. The highest BCUT2D eigenvalue weighted by Crippen LogP contribution is 2.28. The average molecular weight is 405 g/mol. The fourth-order valence-electron chi connectivity index (χ4n) is 2.36. The molecule has 12 heteroatoms. The number of amides is 1. The molecule has 1 atom stereocenters. The van der Waals surface area contributed by atoms with Crippen molar-refractivity contribution < 1.29 is 9.72 Å². The van der Waals surface area contributed by atoms with Gasteiger partial charge in [-0.2, -0.15) is 0 Å². The lowest BCUT2D eigenvalue weighted by Gasteiger charge is -2.14. The number of thiazole rings is 1. The summed E-state index contributed by atoms with van der Waals surface area (Å²) in [4.78, 5) is 27.3. The summed E-state index contributed by atoms with van der Waals surface area (Å²) in [5, 5.41) is 24.0. The Balaban J connectivity index is 1.77. The lowest BCUT2D eigenvalue weighted by molar-refractivity contribution is -0.384. The van der Waals surface area contributed by atoms with Gasteiger partial charge in [0.05, 0.1) is 10.6 Å². The standard InChI is InChI=1S/C15H15N7O3S2/c1-8(21-13(16)19-20-15(21)26-2)12(23)18-14-17-11(7-27-14)9-4-3-5-10(6-9)22(24)25/h3-8H,1-2H3,(H2,16,19)(H,17,18,23). The number of rotatable bonds is 6. The molecule has 0 aliphatic rings. The molecule has 10 nitrogen and oxygen atoms in total. The maximum atomic E-state index is 12.5. The third-order valence-electron chi connectivity index (χ3n) is 3.73. The maximum absolute atomic E-state index is 12.5. The fourth-order valence-corrected chi connectivity index (χ4v) is 3.65. The Labute approximate surface area is 162 Å². The first-order chi connectivity index (χ1) is 12.9. The molecule has 1 aromatic carbocycles. The van der Waals surface area contributed by atoms with Crippen LogP contribution in [0, 0.1) is 10.1 Å². The molecule has 27 heavy (non-hydrogen) atoms. The van der Waals surface area contributed by atoms with E-state index in [-0.39, 0.29) is 17.5 Å². The molecule has 1 amide bonds. The van der Waals surface area contributed by atoms with Crippen LogP contribution in [-0.4, -0.2) is 36.8 Å². The first kappa shape index (κ1) is 18.8. The molecule has 3 rings (SSSR count). The minimum absolute atomic E-state index is 0.0209. The van der Waals surface area contributed by atoms with Gasteiger partial charge in [0.2, 0.25) is 11.9 Å². The van der Waals surface area contributed by atoms with Gasteiger partial charge in [0, 0.05) is 23.1 Å². The van der Waals surface area contributed by atoms with Crippen molar-refractivity contribution in [2.75, 3.05) is 17.3 Å². The predicted octanol–water partition coefficient (Wildman–Crippen LogP) is 2.81. The molecule has 3 N–H and O–H groups in total. The SMILES string of the molecule is CSc1nnc(N)n1C(C)C(=O)Nc1nc(-c2cccc([N+](=O)[O-])c2)cs1. The highest BCUT2D eigenvalue weighted by Gasteiger charge is 2.22. The van der Waals surface area contributed by atoms with Gasteiger partial charge < -0.3 is 11.1 Å². The van der Waals surface area contributed by atoms with Gasteiger partial charge in [-0.3, -0.25) is 19.5 Å². The lowest BCUT2D eigenvalue weighted by Crippen LogP contribution is -2.25. The molecule has 3 aromatic rings. The molecule has 0 saturated heterocycles. The number of hydrogen-bond donors (Lipinski definition) is 2. The second kappa shape index (κ2) is 7.72. The van der Waals surface area contributed by atoms with Gasteiger partial charge in [-0.15, -0.1) is 21.5 Å². The van der Waals surface area contributed by atoms with Crippen molar-refractivity contribution in [1.82, 2.24) is 19.7 Å². The quantitative estimate of drug-likeness (QED) is 0.362. The van der Waals surface area contributed by atoms with Crippen LogP contribution >= 0.6 is 23.1 Å². The van der Waals surface area contributed by atoms with E-state index in [1.54, 1.807) is 24.4 Å². The third-order valence-corrected chi connectivity index (χ3v) is 5.13. The van der Waals surface area contributed by atoms with Gasteiger partial charge in [0.1, 0.15) is 6.04 Å². The number of carbonyl (C=O) groups excluding carboxylic acids is 1. The predicted molar refractivity (Wildman–Crippen MR) is 104 cm³/mol. The van der Waals surface area contributed by atoms with Crippen molar-refractivity contribution >= 4 is 45.8 Å². The van der Waals surface area contributed by atoms with Gasteiger partial charge in [-0.1, -0.05) is 23.9 Å². The number of non-ortho nitro benzene ring substituents is 1. The molecule has 140 valence electrons. The van der Waals surface area contributed by atoms with Crippen LogP contribution in [0.3, 0.4) is 0 Å². The number of nitro groups is 1. The molecule has 0 aliphatic heterocycles. The molecule has 0 radical (unpaired) electrons. The number of nitrogens with one attached hydrogen (secondary N) is 1. The van der Waals surface area contributed by atoms with Crippen molar-refractivity contribution in [3.8, 4) is 11.3 Å². The molecule has 0 fully saturated rings. The second-order valence-corrected chi connectivity index (χ2v) is 7.06. The number of hydrogen-bond acceptors (Lipinski definition) is 9. The lowest BCUT2D eigenvalue weighted by atomic mass is 10.1. The van der Waals surface area contributed by atoms with Crippen molar-refractivity contribution in [3.63, 3.8) is 0 Å². The fraction of sp³-hybridized carbons (Fsp3) is 0.200. The van der Waals surface area contributed by atoms with Crippen molar-refractivity contribution in [3.05, 3.63) is 39.8 Å². The zero-order chi connectivity index (χ0) is 19.6. The number of aromatic nitrogens is 4. The molecule has 1 unspecified atom stereocenters. The van der Waals surface area contributed by atoms with E-state index < -0.39 is 11.0 Å². The highest BCUT2D eigenvalue weighted by atomic mass is 32.2. The van der Waals surface area contributed by atoms with E-state index in [1.807, 2.05) is 6.26 Å². The monoisotopic (exact) mass is 405 g/mol. The van der Waals surface area contributed by atoms with Gasteiger partial charge in [-0.05, 0) is 13.2 Å². The molecule has 0 aliphatic carbocycles. The van der Waals surface area contributed by atoms with Gasteiger partial charge in [0.15, 0.2) is 10.3 Å². The van der Waals surface area contributed by atoms with E-state index in [4.69, 9.17) is 5.73 Å². The van der Waals surface area contributed by atoms with E-state index in [0.717, 1.165) is 0 Å². The third kappa shape index (κ3) is 3.90. The Kier molecular flexibility index (Phi) is 5.37. The van der Waals surface area contributed by atoms with E-state index in [0.29, 0.717) is 21.5 Å². The normalized spacial score (nSPS) is 11.9. The first-order valence-corrected chi connectivity index (χ1v) is 9.76. The zero-order valence-corrected chi connectivity index (χ0v) is 16.0. The summed E-state index contributed by atoms with van der Waals surface area (Å²) >= 11 is 2.56. The smallest absolute Gasteiger partial charge is 0.270 e. The molecular formula is C15H15N7O3S2. The average Bonchev–Trinajstić information content (AvgIpc) is 3.27. The summed E-state index contributed by atoms with van der Waals surface area (Å²) in [7, 11) is 0. The summed E-state index contributed by atoms with van der Waals surface area (Å²) in [5.41, 5.74) is 6.92. The minimum Gasteiger partial charge on any atom is -0.368 e. The maximum Gasteiger partial charge on any atom is 0.270 e. The number of benzene rings is 1. The topological polar surface area (TPSA) is 142 Å². The zero-order valence-electron chi connectivity index (χ0n) is 14.3. The highest BCUT2D eigenvalue weighted by molar-refractivity contribution is 7.98. The van der Waals surface area contributed by atoms with E-state index in [2.05, 4.69) is 20.5 Å². The molecule has 2 aromatic heterocycles. The Hall–Kier alpha value is -2.99. The van der Waals surface area contributed by atoms with E-state index in [9.17, 15) is 14.9 Å². The van der Waals surface area contributed by atoms with Crippen LogP contribution in [0.4, 0.5) is 16.8 Å². The largest absolute Gasteiger partial charge is 0.368 e. The first-order valence-electron chi connectivity index (χ1n) is 7.66. The van der Waals surface area contributed by atoms with Gasteiger partial charge in [0.25, 0.3) is 5.69 Å². The number of carbonyl (C=O) groups is 1. The number of anilines is 2. The summed E-state index contributed by atoms with van der Waals surface area (Å²) < 4.78 is 1.54. The van der Waals surface area contributed by atoms with Crippen LogP contribution in [-0.2, 0) is 4.79 Å². The second-order valence-electron chi connectivity index (χ2n) is 5.43. The molecule has 0 bridgehead atoms. The summed E-state index contributed by atoms with van der Waals surface area (Å²) in [5.74, 6) is -0.171. The summed E-state index contributed by atoms with van der Waals surface area (Å²) in [6.07, 6.45) is 1.82. The van der Waals surface area contributed by atoms with Crippen LogP contribution in [0.15, 0.2) is 34.8 Å². The Morgan fingerprint density at radius 3 is 2.93 bits per heavy atom. The van der Waals surface area contributed by atoms with Crippen LogP contribution in [0.5, 0.6) is 0 Å². The number of nitrogens with two attached hydrogens (primary N) is 1. The number of thioether (sulfide) groups is 1. The van der Waals surface area contributed by atoms with Crippen LogP contribution in [0.2, 0.25) is 0 Å². The number of nitrogens with zero attached hydrogens (tertiary/aromatic N) is 5. The molecule has 2 heterocycles. The Morgan fingerprint density at radius 2 is 2.22 bits per heavy atom. The van der Waals surface area contributed by atoms with Crippen LogP contribution < -0.4 is 11.1 Å². The molecular weight excluding hydrogens is 390 g/mol. The molecule has 0 saturated carbocycles. The van der Waals surface area contributed by atoms with Gasteiger partial charge in [-0.25, -0.2) is 4.98 Å². The van der Waals surface area contributed by atoms with Crippen LogP contribution in [0.25, 0.3) is 11.3 Å². The van der Waals surface area contributed by atoms with E-state index in [1.165, 1.54) is 39.8 Å².